The molecule has 0 saturated carbocycles. The predicted octanol–water partition coefficient (Wildman–Crippen LogP) is 4.21. The van der Waals surface area contributed by atoms with Gasteiger partial charge in [-0.2, -0.15) is 0 Å². The van der Waals surface area contributed by atoms with Crippen LogP contribution in [0.15, 0.2) is 30.3 Å². The van der Waals surface area contributed by atoms with Crippen molar-refractivity contribution in [1.29, 1.82) is 0 Å². The van der Waals surface area contributed by atoms with Crippen molar-refractivity contribution in [3.8, 4) is 5.75 Å². The maximum Gasteiger partial charge on any atom is 0.262 e. The SMILES string of the molecule is Cc1cc(OCC(=O)Nc2ccc(Cl)c(N)c2)cc(C)c1Cl. The molecule has 0 atom stereocenters. The van der Waals surface area contributed by atoms with E-state index in [4.69, 9.17) is 33.7 Å². The maximum absolute atomic E-state index is 11.9. The Kier molecular flexibility index (Phi) is 5.16. The number of anilines is 2. The highest BCUT2D eigenvalue weighted by Gasteiger charge is 2.07. The first-order valence-electron chi connectivity index (χ1n) is 6.61. The van der Waals surface area contributed by atoms with Crippen LogP contribution in [-0.4, -0.2) is 12.5 Å². The Morgan fingerprint density at radius 1 is 1.18 bits per heavy atom. The summed E-state index contributed by atoms with van der Waals surface area (Å²) in [4.78, 5) is 11.9. The summed E-state index contributed by atoms with van der Waals surface area (Å²) in [6, 6.07) is 8.48. The quantitative estimate of drug-likeness (QED) is 0.820. The van der Waals surface area contributed by atoms with Gasteiger partial charge in [0, 0.05) is 10.7 Å². The molecule has 4 nitrogen and oxygen atoms in total. The van der Waals surface area contributed by atoms with Gasteiger partial charge in [0.25, 0.3) is 5.91 Å². The van der Waals surface area contributed by atoms with Crippen LogP contribution in [0.25, 0.3) is 0 Å². The molecule has 0 spiro atoms. The summed E-state index contributed by atoms with van der Waals surface area (Å²) in [5, 5.41) is 3.84. The summed E-state index contributed by atoms with van der Waals surface area (Å²) >= 11 is 11.9. The molecule has 0 unspecified atom stereocenters. The number of benzene rings is 2. The molecular formula is C16H16Cl2N2O2. The first-order valence-corrected chi connectivity index (χ1v) is 7.37. The molecule has 2 aromatic rings. The average molecular weight is 339 g/mol. The third-order valence-electron chi connectivity index (χ3n) is 3.06. The number of carbonyl (C=O) groups is 1. The van der Waals surface area contributed by atoms with Crippen molar-refractivity contribution < 1.29 is 9.53 Å². The van der Waals surface area contributed by atoms with Crippen LogP contribution >= 0.6 is 23.2 Å². The average Bonchev–Trinajstić information content (AvgIpc) is 2.46. The summed E-state index contributed by atoms with van der Waals surface area (Å²) in [5.41, 5.74) is 8.47. The minimum absolute atomic E-state index is 0.108. The first kappa shape index (κ1) is 16.5. The monoisotopic (exact) mass is 338 g/mol. The van der Waals surface area contributed by atoms with Crippen LogP contribution in [-0.2, 0) is 4.79 Å². The fourth-order valence-corrected chi connectivity index (χ4v) is 2.18. The number of nitrogen functional groups attached to an aromatic ring is 1. The van der Waals surface area contributed by atoms with Crippen LogP contribution in [0, 0.1) is 13.8 Å². The molecule has 116 valence electrons. The lowest BCUT2D eigenvalue weighted by Gasteiger charge is -2.11. The van der Waals surface area contributed by atoms with E-state index in [0.29, 0.717) is 27.2 Å². The number of nitrogens with one attached hydrogen (secondary N) is 1. The van der Waals surface area contributed by atoms with Gasteiger partial charge in [-0.25, -0.2) is 0 Å². The van der Waals surface area contributed by atoms with Crippen LogP contribution in [0.5, 0.6) is 5.75 Å². The standard InChI is InChI=1S/C16H16Cl2N2O2/c1-9-5-12(6-10(2)16(9)18)22-8-15(21)20-11-3-4-13(17)14(19)7-11/h3-7H,8,19H2,1-2H3,(H,20,21). The minimum Gasteiger partial charge on any atom is -0.484 e. The molecule has 0 fully saturated rings. The summed E-state index contributed by atoms with van der Waals surface area (Å²) in [6.07, 6.45) is 0. The van der Waals surface area contributed by atoms with Crippen LogP contribution in [0.3, 0.4) is 0 Å². The van der Waals surface area contributed by atoms with E-state index in [-0.39, 0.29) is 12.5 Å². The molecule has 0 saturated heterocycles. The van der Waals surface area contributed by atoms with Gasteiger partial charge in [0.2, 0.25) is 0 Å². The van der Waals surface area contributed by atoms with E-state index in [9.17, 15) is 4.79 Å². The zero-order valence-corrected chi connectivity index (χ0v) is 13.8. The second-order valence-corrected chi connectivity index (χ2v) is 5.73. The highest BCUT2D eigenvalue weighted by Crippen LogP contribution is 2.26. The van der Waals surface area contributed by atoms with E-state index in [1.807, 2.05) is 13.8 Å². The summed E-state index contributed by atoms with van der Waals surface area (Å²) in [5.74, 6) is 0.317. The van der Waals surface area contributed by atoms with Gasteiger partial charge in [-0.3, -0.25) is 4.79 Å². The topological polar surface area (TPSA) is 64.3 Å². The lowest BCUT2D eigenvalue weighted by Crippen LogP contribution is -2.20. The summed E-state index contributed by atoms with van der Waals surface area (Å²) in [7, 11) is 0. The normalized spacial score (nSPS) is 10.4. The van der Waals surface area contributed by atoms with Crippen molar-refractivity contribution in [3.63, 3.8) is 0 Å². The predicted molar refractivity (Wildman–Crippen MR) is 90.9 cm³/mol. The molecule has 22 heavy (non-hydrogen) atoms. The van der Waals surface area contributed by atoms with Gasteiger partial charge in [0.15, 0.2) is 6.61 Å². The van der Waals surface area contributed by atoms with Gasteiger partial charge >= 0.3 is 0 Å². The van der Waals surface area contributed by atoms with Gasteiger partial charge in [-0.15, -0.1) is 0 Å². The molecule has 2 rings (SSSR count). The fraction of sp³-hybridized carbons (Fsp3) is 0.188. The number of nitrogens with two attached hydrogens (primary N) is 1. The van der Waals surface area contributed by atoms with Crippen molar-refractivity contribution in [2.45, 2.75) is 13.8 Å². The van der Waals surface area contributed by atoms with Gasteiger partial charge in [-0.05, 0) is 55.3 Å². The first-order chi connectivity index (χ1) is 10.4. The number of halogens is 2. The summed E-state index contributed by atoms with van der Waals surface area (Å²) < 4.78 is 5.48. The molecule has 0 aromatic heterocycles. The number of ether oxygens (including phenoxy) is 1. The second-order valence-electron chi connectivity index (χ2n) is 4.94. The van der Waals surface area contributed by atoms with Gasteiger partial charge in [-0.1, -0.05) is 23.2 Å². The molecule has 0 bridgehead atoms. The van der Waals surface area contributed by atoms with E-state index < -0.39 is 0 Å². The van der Waals surface area contributed by atoms with Gasteiger partial charge < -0.3 is 15.8 Å². The van der Waals surface area contributed by atoms with E-state index >= 15 is 0 Å². The van der Waals surface area contributed by atoms with Crippen molar-refractivity contribution in [1.82, 2.24) is 0 Å². The van der Waals surface area contributed by atoms with Crippen molar-refractivity contribution in [2.24, 2.45) is 0 Å². The van der Waals surface area contributed by atoms with Crippen molar-refractivity contribution in [2.75, 3.05) is 17.7 Å². The molecule has 3 N–H and O–H groups in total. The van der Waals surface area contributed by atoms with Crippen LogP contribution < -0.4 is 15.8 Å². The van der Waals surface area contributed by atoms with Crippen LogP contribution in [0.1, 0.15) is 11.1 Å². The zero-order chi connectivity index (χ0) is 16.3. The minimum atomic E-state index is -0.285. The fourth-order valence-electron chi connectivity index (χ4n) is 1.96. The van der Waals surface area contributed by atoms with Crippen LogP contribution in [0.2, 0.25) is 10.0 Å². The van der Waals surface area contributed by atoms with Crippen molar-refractivity contribution in [3.05, 3.63) is 51.5 Å². The van der Waals surface area contributed by atoms with E-state index in [1.165, 1.54) is 0 Å². The molecule has 6 heteroatoms. The molecule has 0 aliphatic rings. The lowest BCUT2D eigenvalue weighted by molar-refractivity contribution is -0.118. The highest BCUT2D eigenvalue weighted by atomic mass is 35.5. The Labute approximate surface area is 139 Å². The molecule has 0 aliphatic heterocycles. The third kappa shape index (κ3) is 4.06. The Bertz CT molecular complexity index is 694. The molecule has 0 heterocycles. The smallest absolute Gasteiger partial charge is 0.262 e. The second kappa shape index (κ2) is 6.90. The Morgan fingerprint density at radius 2 is 1.82 bits per heavy atom. The number of aryl methyl sites for hydroxylation is 2. The Hall–Kier alpha value is -1.91. The van der Waals surface area contributed by atoms with E-state index in [1.54, 1.807) is 30.3 Å². The highest BCUT2D eigenvalue weighted by molar-refractivity contribution is 6.33. The van der Waals surface area contributed by atoms with Crippen LogP contribution in [0.4, 0.5) is 11.4 Å². The third-order valence-corrected chi connectivity index (χ3v) is 4.00. The number of carbonyl (C=O) groups excluding carboxylic acids is 1. The number of hydrogen-bond donors (Lipinski definition) is 2. The molecular weight excluding hydrogens is 323 g/mol. The lowest BCUT2D eigenvalue weighted by atomic mass is 10.1. The Morgan fingerprint density at radius 3 is 2.41 bits per heavy atom. The van der Waals surface area contributed by atoms with Gasteiger partial charge in [0.05, 0.1) is 10.7 Å². The molecule has 2 aromatic carbocycles. The van der Waals surface area contributed by atoms with E-state index in [0.717, 1.165) is 11.1 Å². The molecule has 0 aliphatic carbocycles. The largest absolute Gasteiger partial charge is 0.484 e. The van der Waals surface area contributed by atoms with Gasteiger partial charge in [0.1, 0.15) is 5.75 Å². The zero-order valence-electron chi connectivity index (χ0n) is 12.2. The van der Waals surface area contributed by atoms with Crippen molar-refractivity contribution >= 4 is 40.5 Å². The number of rotatable bonds is 4. The molecule has 1 amide bonds. The molecule has 0 radical (unpaired) electrons. The number of hydrogen-bond acceptors (Lipinski definition) is 3. The maximum atomic E-state index is 11.9. The van der Waals surface area contributed by atoms with E-state index in [2.05, 4.69) is 5.32 Å². The summed E-state index contributed by atoms with van der Waals surface area (Å²) in [6.45, 7) is 3.67. The Balaban J connectivity index is 1.96. The number of amides is 1.